The zero-order chi connectivity index (χ0) is 20.1. The third-order valence-corrected chi connectivity index (χ3v) is 6.32. The number of nitrogens with one attached hydrogen (secondary N) is 3. The summed E-state index contributed by atoms with van der Waals surface area (Å²) >= 11 is 0. The maximum atomic E-state index is 12.4. The Kier molecular flexibility index (Phi) is 6.58. The van der Waals surface area contributed by atoms with Gasteiger partial charge in [-0.15, -0.1) is 0 Å². The minimum Gasteiger partial charge on any atom is -0.326 e. The largest absolute Gasteiger partial charge is 0.326 e. The van der Waals surface area contributed by atoms with Gasteiger partial charge in [0.25, 0.3) is 10.0 Å². The van der Waals surface area contributed by atoms with Crippen LogP contribution in [-0.4, -0.2) is 29.3 Å². The van der Waals surface area contributed by atoms with Gasteiger partial charge >= 0.3 is 0 Å². The highest BCUT2D eigenvalue weighted by molar-refractivity contribution is 7.92. The normalized spacial score (nSPS) is 11.8. The van der Waals surface area contributed by atoms with Gasteiger partial charge in [-0.2, -0.15) is 0 Å². The predicted octanol–water partition coefficient (Wildman–Crippen LogP) is 2.13. The maximum absolute atomic E-state index is 12.4. The van der Waals surface area contributed by atoms with Crippen LogP contribution in [0.15, 0.2) is 58.3 Å². The van der Waals surface area contributed by atoms with Gasteiger partial charge in [0.1, 0.15) is 0 Å². The molecule has 0 spiro atoms. The Bertz CT molecular complexity index is 1000. The fourth-order valence-electron chi connectivity index (χ4n) is 2.16. The zero-order valence-electron chi connectivity index (χ0n) is 14.9. The summed E-state index contributed by atoms with van der Waals surface area (Å²) in [4.78, 5) is 11.1. The molecule has 10 heteroatoms. The number of hydrogen-bond acceptors (Lipinski definition) is 5. The molecule has 27 heavy (non-hydrogen) atoms. The molecule has 2 aromatic carbocycles. The molecule has 3 N–H and O–H groups in total. The first-order chi connectivity index (χ1) is 12.6. The summed E-state index contributed by atoms with van der Waals surface area (Å²) in [7, 11) is -7.46. The van der Waals surface area contributed by atoms with Crippen LogP contribution in [0.1, 0.15) is 20.3 Å². The van der Waals surface area contributed by atoms with Crippen LogP contribution in [0.25, 0.3) is 0 Å². The third kappa shape index (κ3) is 5.78. The van der Waals surface area contributed by atoms with Crippen molar-refractivity contribution >= 4 is 37.3 Å². The molecule has 1 amide bonds. The SMILES string of the molecule is CCCNS(=O)(=O)c1ccc(NS(=O)(=O)c2ccc(NC(C)=O)cc2)cc1. The van der Waals surface area contributed by atoms with Crippen LogP contribution in [0.2, 0.25) is 0 Å². The number of rotatable bonds is 8. The predicted molar refractivity (Wildman–Crippen MR) is 103 cm³/mol. The van der Waals surface area contributed by atoms with E-state index in [2.05, 4.69) is 14.8 Å². The second-order valence-corrected chi connectivity index (χ2v) is 9.18. The lowest BCUT2D eigenvalue weighted by atomic mass is 10.3. The summed E-state index contributed by atoms with van der Waals surface area (Å²) < 4.78 is 53.8. The van der Waals surface area contributed by atoms with Crippen LogP contribution in [0.3, 0.4) is 0 Å². The van der Waals surface area contributed by atoms with Crippen molar-refractivity contribution in [3.05, 3.63) is 48.5 Å². The van der Waals surface area contributed by atoms with Crippen LogP contribution in [0.5, 0.6) is 0 Å². The van der Waals surface area contributed by atoms with Gasteiger partial charge in [-0.3, -0.25) is 9.52 Å². The Hall–Kier alpha value is -2.43. The average Bonchev–Trinajstić information content (AvgIpc) is 2.60. The van der Waals surface area contributed by atoms with Gasteiger partial charge in [-0.25, -0.2) is 21.6 Å². The van der Waals surface area contributed by atoms with E-state index in [-0.39, 0.29) is 21.4 Å². The van der Waals surface area contributed by atoms with Gasteiger partial charge in [0.15, 0.2) is 0 Å². The number of sulfonamides is 2. The summed E-state index contributed by atoms with van der Waals surface area (Å²) in [5, 5.41) is 2.55. The highest BCUT2D eigenvalue weighted by atomic mass is 32.2. The Morgan fingerprint density at radius 2 is 1.30 bits per heavy atom. The van der Waals surface area contributed by atoms with E-state index < -0.39 is 20.0 Å². The smallest absolute Gasteiger partial charge is 0.261 e. The van der Waals surface area contributed by atoms with Crippen molar-refractivity contribution in [3.63, 3.8) is 0 Å². The van der Waals surface area contributed by atoms with Crippen molar-refractivity contribution in [1.82, 2.24) is 4.72 Å². The minimum atomic E-state index is -3.85. The van der Waals surface area contributed by atoms with Gasteiger partial charge in [0.05, 0.1) is 9.79 Å². The number of benzene rings is 2. The third-order valence-electron chi connectivity index (χ3n) is 3.44. The second-order valence-electron chi connectivity index (χ2n) is 5.73. The Morgan fingerprint density at radius 3 is 1.78 bits per heavy atom. The molecule has 0 saturated heterocycles. The monoisotopic (exact) mass is 411 g/mol. The second kappa shape index (κ2) is 8.51. The van der Waals surface area contributed by atoms with Crippen LogP contribution in [-0.2, 0) is 24.8 Å². The number of carbonyl (C=O) groups is 1. The van der Waals surface area contributed by atoms with Crippen LogP contribution in [0.4, 0.5) is 11.4 Å². The van der Waals surface area contributed by atoms with Crippen molar-refractivity contribution < 1.29 is 21.6 Å². The Balaban J connectivity index is 2.14. The number of hydrogen-bond donors (Lipinski definition) is 3. The average molecular weight is 412 g/mol. The van der Waals surface area contributed by atoms with E-state index in [1.54, 1.807) is 0 Å². The number of anilines is 2. The van der Waals surface area contributed by atoms with E-state index in [1.807, 2.05) is 6.92 Å². The van der Waals surface area contributed by atoms with E-state index in [1.165, 1.54) is 55.5 Å². The molecule has 0 atom stereocenters. The van der Waals surface area contributed by atoms with Gasteiger partial charge in [0.2, 0.25) is 15.9 Å². The highest BCUT2D eigenvalue weighted by Gasteiger charge is 2.16. The van der Waals surface area contributed by atoms with E-state index in [9.17, 15) is 21.6 Å². The molecule has 0 radical (unpaired) electrons. The van der Waals surface area contributed by atoms with Gasteiger partial charge in [-0.1, -0.05) is 6.92 Å². The van der Waals surface area contributed by atoms with Crippen LogP contribution in [0, 0.1) is 0 Å². The molecule has 0 heterocycles. The molecule has 8 nitrogen and oxygen atoms in total. The first-order valence-electron chi connectivity index (χ1n) is 8.14. The number of carbonyl (C=O) groups excluding carboxylic acids is 1. The summed E-state index contributed by atoms with van der Waals surface area (Å²) in [6.45, 7) is 3.53. The van der Waals surface area contributed by atoms with Gasteiger partial charge in [0, 0.05) is 24.8 Å². The molecule has 0 aliphatic carbocycles. The summed E-state index contributed by atoms with van der Waals surface area (Å²) in [5.74, 6) is -0.257. The molecule has 2 aromatic rings. The summed E-state index contributed by atoms with van der Waals surface area (Å²) in [5.41, 5.74) is 0.714. The molecule has 0 aliphatic rings. The number of amides is 1. The zero-order valence-corrected chi connectivity index (χ0v) is 16.5. The molecule has 0 fully saturated rings. The molecule has 0 aromatic heterocycles. The lowest BCUT2D eigenvalue weighted by molar-refractivity contribution is -0.114. The standard InChI is InChI=1S/C17H21N3O5S2/c1-3-12-18-26(22,23)16-10-6-15(7-11-16)20-27(24,25)17-8-4-14(5-9-17)19-13(2)21/h4-11,18,20H,3,12H2,1-2H3,(H,19,21). The van der Waals surface area contributed by atoms with Gasteiger partial charge < -0.3 is 5.32 Å². The van der Waals surface area contributed by atoms with Crippen molar-refractivity contribution in [2.45, 2.75) is 30.1 Å². The lowest BCUT2D eigenvalue weighted by Crippen LogP contribution is -2.24. The van der Waals surface area contributed by atoms with Crippen molar-refractivity contribution in [2.24, 2.45) is 0 Å². The van der Waals surface area contributed by atoms with E-state index in [0.29, 0.717) is 18.7 Å². The van der Waals surface area contributed by atoms with Crippen LogP contribution < -0.4 is 14.8 Å². The first kappa shape index (κ1) is 20.9. The quantitative estimate of drug-likeness (QED) is 0.614. The van der Waals surface area contributed by atoms with Crippen molar-refractivity contribution in [1.29, 1.82) is 0 Å². The van der Waals surface area contributed by atoms with E-state index in [0.717, 1.165) is 0 Å². The van der Waals surface area contributed by atoms with Crippen molar-refractivity contribution in [3.8, 4) is 0 Å². The topological polar surface area (TPSA) is 121 Å². The fourth-order valence-corrected chi connectivity index (χ4v) is 4.35. The van der Waals surface area contributed by atoms with E-state index in [4.69, 9.17) is 0 Å². The molecular formula is C17H21N3O5S2. The summed E-state index contributed by atoms with van der Waals surface area (Å²) in [6, 6.07) is 11.1. The molecule has 146 valence electrons. The summed E-state index contributed by atoms with van der Waals surface area (Å²) in [6.07, 6.45) is 0.665. The molecule has 0 saturated carbocycles. The molecule has 2 rings (SSSR count). The Morgan fingerprint density at radius 1 is 0.815 bits per heavy atom. The highest BCUT2D eigenvalue weighted by Crippen LogP contribution is 2.20. The van der Waals surface area contributed by atoms with E-state index >= 15 is 0 Å². The molecule has 0 bridgehead atoms. The van der Waals surface area contributed by atoms with Crippen molar-refractivity contribution in [2.75, 3.05) is 16.6 Å². The van der Waals surface area contributed by atoms with Crippen LogP contribution >= 0.6 is 0 Å². The fraction of sp³-hybridized carbons (Fsp3) is 0.235. The van der Waals surface area contributed by atoms with Gasteiger partial charge in [-0.05, 0) is 55.0 Å². The Labute approximate surface area is 159 Å². The first-order valence-corrected chi connectivity index (χ1v) is 11.1. The molecule has 0 aliphatic heterocycles. The molecular weight excluding hydrogens is 390 g/mol. The molecule has 0 unspecified atom stereocenters. The maximum Gasteiger partial charge on any atom is 0.261 e. The lowest BCUT2D eigenvalue weighted by Gasteiger charge is -2.10. The minimum absolute atomic E-state index is 0.0120.